The van der Waals surface area contributed by atoms with E-state index < -0.39 is 0 Å². The number of carbonyl (C=O) groups excluding carboxylic acids is 1. The number of Topliss-reactive ketones (excluding diaryl/α,β-unsaturated/α-hetero) is 1. The van der Waals surface area contributed by atoms with Crippen LogP contribution in [0, 0.1) is 12.8 Å². The Labute approximate surface area is 122 Å². The van der Waals surface area contributed by atoms with Gasteiger partial charge >= 0.3 is 0 Å². The van der Waals surface area contributed by atoms with Crippen molar-refractivity contribution >= 4 is 11.7 Å². The molecule has 0 radical (unpaired) electrons. The molecule has 2 aromatic rings. The molecule has 1 aliphatic carbocycles. The first-order chi connectivity index (χ1) is 10.3. The Morgan fingerprint density at radius 3 is 3.10 bits per heavy atom. The largest absolute Gasteiger partial charge is 0.338 e. The van der Waals surface area contributed by atoms with Crippen LogP contribution in [0.5, 0.6) is 0 Å². The zero-order valence-corrected chi connectivity index (χ0v) is 11.7. The van der Waals surface area contributed by atoms with E-state index in [9.17, 15) is 4.79 Å². The minimum atomic E-state index is -0.187. The highest BCUT2D eigenvalue weighted by Gasteiger charge is 2.42. The summed E-state index contributed by atoms with van der Waals surface area (Å²) in [4.78, 5) is 16.7. The number of hydrogen-bond acceptors (Lipinski definition) is 5. The van der Waals surface area contributed by atoms with E-state index in [4.69, 9.17) is 4.52 Å². The van der Waals surface area contributed by atoms with Crippen LogP contribution >= 0.6 is 0 Å². The van der Waals surface area contributed by atoms with Crippen LogP contribution in [0.1, 0.15) is 35.6 Å². The highest BCUT2D eigenvalue weighted by atomic mass is 16.5. The standard InChI is InChI=1S/C16H15N3O2/c1-9-13-14(10-4-3-7-17-8-10)15-11(5-2-6-12(15)20)18-16(13)21-19-9/h3-5,7-8,14-15,18H,2,6H2,1H3/t14-,15+/m0/s1. The molecule has 0 saturated carbocycles. The van der Waals surface area contributed by atoms with Gasteiger partial charge in [0, 0.05) is 36.0 Å². The number of fused-ring (bicyclic) bond motifs is 2. The van der Waals surface area contributed by atoms with E-state index >= 15 is 0 Å². The fourth-order valence-electron chi connectivity index (χ4n) is 3.37. The SMILES string of the molecule is Cc1noc2c1[C@H](c1cccnc1)[C@H]1C(=O)CCC=C1N2. The Morgan fingerprint density at radius 1 is 1.38 bits per heavy atom. The van der Waals surface area contributed by atoms with Crippen LogP contribution in [-0.2, 0) is 4.79 Å². The maximum absolute atomic E-state index is 12.5. The molecule has 2 atom stereocenters. The average Bonchev–Trinajstić information content (AvgIpc) is 2.88. The topological polar surface area (TPSA) is 68.0 Å². The van der Waals surface area contributed by atoms with Gasteiger partial charge in [-0.05, 0) is 25.0 Å². The highest BCUT2D eigenvalue weighted by Crippen LogP contribution is 2.47. The van der Waals surface area contributed by atoms with Gasteiger partial charge < -0.3 is 9.84 Å². The summed E-state index contributed by atoms with van der Waals surface area (Å²) in [7, 11) is 0. The third kappa shape index (κ3) is 1.81. The molecule has 4 rings (SSSR count). The van der Waals surface area contributed by atoms with E-state index in [0.29, 0.717) is 12.3 Å². The third-order valence-corrected chi connectivity index (χ3v) is 4.29. The van der Waals surface area contributed by atoms with E-state index in [1.54, 1.807) is 6.20 Å². The van der Waals surface area contributed by atoms with Crippen molar-refractivity contribution in [3.05, 3.63) is 53.1 Å². The van der Waals surface area contributed by atoms with Gasteiger partial charge in [-0.15, -0.1) is 0 Å². The van der Waals surface area contributed by atoms with Crippen LogP contribution in [0.4, 0.5) is 5.88 Å². The molecule has 5 nitrogen and oxygen atoms in total. The summed E-state index contributed by atoms with van der Waals surface area (Å²) in [5.74, 6) is 0.660. The number of ketones is 1. The highest BCUT2D eigenvalue weighted by molar-refractivity contribution is 5.89. The molecule has 106 valence electrons. The van der Waals surface area contributed by atoms with Crippen molar-refractivity contribution in [3.63, 3.8) is 0 Å². The van der Waals surface area contributed by atoms with Crippen molar-refractivity contribution in [2.75, 3.05) is 5.32 Å². The molecule has 0 unspecified atom stereocenters. The quantitative estimate of drug-likeness (QED) is 0.870. The molecule has 2 aliphatic rings. The first-order valence-electron chi connectivity index (χ1n) is 7.11. The van der Waals surface area contributed by atoms with Gasteiger partial charge in [-0.25, -0.2) is 0 Å². The average molecular weight is 281 g/mol. The summed E-state index contributed by atoms with van der Waals surface area (Å²) in [5, 5.41) is 7.30. The molecular weight excluding hydrogens is 266 g/mol. The van der Waals surface area contributed by atoms with Crippen molar-refractivity contribution in [3.8, 4) is 0 Å². The van der Waals surface area contributed by atoms with Crippen molar-refractivity contribution in [2.45, 2.75) is 25.7 Å². The number of rotatable bonds is 1. The predicted molar refractivity (Wildman–Crippen MR) is 76.8 cm³/mol. The molecule has 0 aromatic carbocycles. The number of allylic oxidation sites excluding steroid dienone is 2. The summed E-state index contributed by atoms with van der Waals surface area (Å²) in [6, 6.07) is 3.91. The summed E-state index contributed by atoms with van der Waals surface area (Å²) in [6.45, 7) is 1.91. The normalized spacial score (nSPS) is 23.9. The first kappa shape index (κ1) is 12.3. The number of nitrogens with zero attached hydrogens (tertiary/aromatic N) is 2. The summed E-state index contributed by atoms with van der Waals surface area (Å²) in [6.07, 6.45) is 7.03. The summed E-state index contributed by atoms with van der Waals surface area (Å²) in [5.41, 5.74) is 3.76. The lowest BCUT2D eigenvalue weighted by atomic mass is 9.72. The number of carbonyl (C=O) groups is 1. The number of aryl methyl sites for hydroxylation is 1. The Morgan fingerprint density at radius 2 is 2.29 bits per heavy atom. The van der Waals surface area contributed by atoms with Gasteiger partial charge in [0.2, 0.25) is 5.88 Å². The zero-order valence-electron chi connectivity index (χ0n) is 11.7. The second kappa shape index (κ2) is 4.55. The molecule has 0 saturated heterocycles. The summed E-state index contributed by atoms with van der Waals surface area (Å²) >= 11 is 0. The molecule has 0 fully saturated rings. The minimum Gasteiger partial charge on any atom is -0.338 e. The van der Waals surface area contributed by atoms with Crippen LogP contribution in [0.3, 0.4) is 0 Å². The van der Waals surface area contributed by atoms with Crippen LogP contribution in [-0.4, -0.2) is 15.9 Å². The monoisotopic (exact) mass is 281 g/mol. The maximum atomic E-state index is 12.5. The van der Waals surface area contributed by atoms with E-state index in [0.717, 1.165) is 28.9 Å². The number of hydrogen-bond donors (Lipinski definition) is 1. The van der Waals surface area contributed by atoms with Crippen LogP contribution in [0.25, 0.3) is 0 Å². The molecule has 0 spiro atoms. The molecule has 1 N–H and O–H groups in total. The molecule has 21 heavy (non-hydrogen) atoms. The molecule has 2 aromatic heterocycles. The van der Waals surface area contributed by atoms with Gasteiger partial charge in [-0.2, -0.15) is 0 Å². The van der Waals surface area contributed by atoms with E-state index in [1.165, 1.54) is 0 Å². The van der Waals surface area contributed by atoms with Crippen molar-refractivity contribution in [1.82, 2.24) is 10.1 Å². The van der Waals surface area contributed by atoms with E-state index in [2.05, 4.69) is 21.5 Å². The van der Waals surface area contributed by atoms with Crippen molar-refractivity contribution in [1.29, 1.82) is 0 Å². The Balaban J connectivity index is 1.94. The lowest BCUT2D eigenvalue weighted by molar-refractivity contribution is -0.122. The molecule has 5 heteroatoms. The van der Waals surface area contributed by atoms with Crippen molar-refractivity contribution in [2.24, 2.45) is 5.92 Å². The van der Waals surface area contributed by atoms with Crippen LogP contribution in [0.2, 0.25) is 0 Å². The van der Waals surface area contributed by atoms with Gasteiger partial charge in [0.05, 0.1) is 11.6 Å². The fourth-order valence-corrected chi connectivity index (χ4v) is 3.37. The maximum Gasteiger partial charge on any atom is 0.232 e. The first-order valence-corrected chi connectivity index (χ1v) is 7.11. The van der Waals surface area contributed by atoms with Crippen LogP contribution < -0.4 is 5.32 Å². The molecule has 1 aliphatic heterocycles. The zero-order chi connectivity index (χ0) is 14.4. The molecular formula is C16H15N3O2. The van der Waals surface area contributed by atoms with E-state index in [1.807, 2.05) is 25.3 Å². The lowest BCUT2D eigenvalue weighted by Gasteiger charge is -2.35. The van der Waals surface area contributed by atoms with Gasteiger partial charge in [0.15, 0.2) is 0 Å². The Bertz CT molecular complexity index is 733. The van der Waals surface area contributed by atoms with Crippen molar-refractivity contribution < 1.29 is 9.32 Å². The number of nitrogens with one attached hydrogen (secondary N) is 1. The lowest BCUT2D eigenvalue weighted by Crippen LogP contribution is -2.34. The Kier molecular flexibility index (Phi) is 2.67. The smallest absolute Gasteiger partial charge is 0.232 e. The van der Waals surface area contributed by atoms with Gasteiger partial charge in [0.25, 0.3) is 0 Å². The second-order valence-electron chi connectivity index (χ2n) is 5.54. The van der Waals surface area contributed by atoms with Gasteiger partial charge in [-0.1, -0.05) is 17.3 Å². The van der Waals surface area contributed by atoms with Gasteiger partial charge in [-0.3, -0.25) is 9.78 Å². The Hall–Kier alpha value is -2.43. The number of aromatic nitrogens is 2. The fraction of sp³-hybridized carbons (Fsp3) is 0.312. The second-order valence-corrected chi connectivity index (χ2v) is 5.54. The predicted octanol–water partition coefficient (Wildman–Crippen LogP) is 2.80. The van der Waals surface area contributed by atoms with Gasteiger partial charge in [0.1, 0.15) is 5.78 Å². The number of pyridine rings is 1. The number of anilines is 1. The molecule has 3 heterocycles. The third-order valence-electron chi connectivity index (χ3n) is 4.29. The van der Waals surface area contributed by atoms with E-state index in [-0.39, 0.29) is 17.6 Å². The molecule has 0 amide bonds. The van der Waals surface area contributed by atoms with Crippen LogP contribution in [0.15, 0.2) is 40.8 Å². The molecule has 0 bridgehead atoms. The summed E-state index contributed by atoms with van der Waals surface area (Å²) < 4.78 is 5.39. The minimum absolute atomic E-state index is 0.0692.